The van der Waals surface area contributed by atoms with Crippen molar-refractivity contribution in [3.8, 4) is 17.2 Å². The molecule has 3 N–H and O–H groups in total. The predicted octanol–water partition coefficient (Wildman–Crippen LogP) is 2.80. The van der Waals surface area contributed by atoms with Crippen LogP contribution in [0.25, 0.3) is 10.9 Å². The summed E-state index contributed by atoms with van der Waals surface area (Å²) in [5.41, 5.74) is 7.21. The fraction of sp³-hybridized carbons (Fsp3) is 0.217. The van der Waals surface area contributed by atoms with Crippen LogP contribution in [-0.4, -0.2) is 31.8 Å². The van der Waals surface area contributed by atoms with Gasteiger partial charge < -0.3 is 29.7 Å². The topological polar surface area (TPSA) is 113 Å². The van der Waals surface area contributed by atoms with Crippen molar-refractivity contribution in [3.05, 3.63) is 75.4 Å². The van der Waals surface area contributed by atoms with Crippen molar-refractivity contribution < 1.29 is 23.7 Å². The number of aromatic nitrogens is 1. The van der Waals surface area contributed by atoms with Crippen LogP contribution >= 0.6 is 0 Å². The Kier molecular flexibility index (Phi) is 5.29. The van der Waals surface area contributed by atoms with E-state index in [2.05, 4.69) is 4.98 Å². The van der Waals surface area contributed by atoms with E-state index in [4.69, 9.17) is 24.7 Å². The summed E-state index contributed by atoms with van der Waals surface area (Å²) in [6, 6.07) is 12.4. The van der Waals surface area contributed by atoms with Crippen LogP contribution in [0.2, 0.25) is 0 Å². The molecule has 0 spiro atoms. The molecule has 1 aliphatic rings. The van der Waals surface area contributed by atoms with Gasteiger partial charge in [0.05, 0.1) is 37.8 Å². The van der Waals surface area contributed by atoms with Crippen molar-refractivity contribution in [2.24, 2.45) is 5.73 Å². The van der Waals surface area contributed by atoms with Crippen LogP contribution in [0.5, 0.6) is 17.2 Å². The van der Waals surface area contributed by atoms with Crippen LogP contribution in [0, 0.1) is 0 Å². The van der Waals surface area contributed by atoms with Crippen LogP contribution in [0.3, 0.4) is 0 Å². The largest absolute Gasteiger partial charge is 0.493 e. The van der Waals surface area contributed by atoms with E-state index < -0.39 is 17.4 Å². The second-order valence-corrected chi connectivity index (χ2v) is 6.86. The molecule has 8 heteroatoms. The molecule has 4 rings (SSSR count). The fourth-order valence-corrected chi connectivity index (χ4v) is 3.93. The number of H-pyrrole nitrogens is 1. The summed E-state index contributed by atoms with van der Waals surface area (Å²) in [6.07, 6.45) is 0. The molecule has 0 saturated heterocycles. The highest BCUT2D eigenvalue weighted by Gasteiger charge is 2.40. The maximum atomic E-state index is 13.2. The van der Waals surface area contributed by atoms with Crippen molar-refractivity contribution >= 4 is 16.9 Å². The number of carbonyl (C=O) groups is 1. The Labute approximate surface area is 178 Å². The molecule has 0 fully saturated rings. The van der Waals surface area contributed by atoms with Gasteiger partial charge in [-0.3, -0.25) is 4.79 Å². The lowest BCUT2D eigenvalue weighted by Crippen LogP contribution is -2.32. The van der Waals surface area contributed by atoms with E-state index in [1.807, 2.05) is 12.1 Å². The van der Waals surface area contributed by atoms with Crippen molar-refractivity contribution in [2.45, 2.75) is 12.8 Å². The molecule has 2 heterocycles. The van der Waals surface area contributed by atoms with Gasteiger partial charge in [-0.15, -0.1) is 0 Å². The van der Waals surface area contributed by atoms with Crippen LogP contribution < -0.4 is 25.5 Å². The Morgan fingerprint density at radius 2 is 1.90 bits per heavy atom. The number of benzene rings is 2. The van der Waals surface area contributed by atoms with Gasteiger partial charge in [0.15, 0.2) is 11.5 Å². The number of fused-ring (bicyclic) bond motifs is 3. The number of ether oxygens (including phenoxy) is 4. The van der Waals surface area contributed by atoms with Gasteiger partial charge in [0.25, 0.3) is 5.56 Å². The number of rotatable bonds is 5. The van der Waals surface area contributed by atoms with Gasteiger partial charge in [0.1, 0.15) is 11.3 Å². The smallest absolute Gasteiger partial charge is 0.340 e. The normalized spacial score (nSPS) is 15.3. The summed E-state index contributed by atoms with van der Waals surface area (Å²) >= 11 is 0. The molecule has 0 bridgehead atoms. The molecule has 0 saturated carbocycles. The van der Waals surface area contributed by atoms with E-state index in [0.29, 0.717) is 33.7 Å². The summed E-state index contributed by atoms with van der Waals surface area (Å²) in [7, 11) is 3.00. The first-order chi connectivity index (χ1) is 15.0. The number of hydrogen-bond donors (Lipinski definition) is 2. The van der Waals surface area contributed by atoms with Crippen molar-refractivity contribution in [2.75, 3.05) is 20.8 Å². The highest BCUT2D eigenvalue weighted by atomic mass is 16.5. The predicted molar refractivity (Wildman–Crippen MR) is 114 cm³/mol. The van der Waals surface area contributed by atoms with E-state index in [-0.39, 0.29) is 23.6 Å². The van der Waals surface area contributed by atoms with E-state index in [1.165, 1.54) is 14.2 Å². The van der Waals surface area contributed by atoms with Gasteiger partial charge in [0, 0.05) is 10.9 Å². The van der Waals surface area contributed by atoms with E-state index in [0.717, 1.165) is 0 Å². The Bertz CT molecular complexity index is 1260. The summed E-state index contributed by atoms with van der Waals surface area (Å²) < 4.78 is 22.1. The van der Waals surface area contributed by atoms with E-state index in [9.17, 15) is 9.59 Å². The van der Waals surface area contributed by atoms with Gasteiger partial charge in [-0.1, -0.05) is 24.3 Å². The van der Waals surface area contributed by atoms with Crippen molar-refractivity contribution in [1.29, 1.82) is 0 Å². The minimum atomic E-state index is -0.888. The number of aromatic amines is 1. The summed E-state index contributed by atoms with van der Waals surface area (Å²) in [6.45, 7) is 1.83. The molecule has 0 radical (unpaired) electrons. The van der Waals surface area contributed by atoms with Gasteiger partial charge >= 0.3 is 5.97 Å². The zero-order valence-electron chi connectivity index (χ0n) is 17.4. The first-order valence-corrected chi connectivity index (χ1v) is 9.72. The lowest BCUT2D eigenvalue weighted by Gasteiger charge is -2.29. The number of para-hydroxylation sites is 2. The summed E-state index contributed by atoms with van der Waals surface area (Å²) in [4.78, 5) is 29.0. The van der Waals surface area contributed by atoms with Crippen LogP contribution in [0.4, 0.5) is 0 Å². The number of nitrogens with two attached hydrogens (primary N) is 1. The summed E-state index contributed by atoms with van der Waals surface area (Å²) in [5.74, 6) is -0.567. The molecular formula is C23H22N2O6. The van der Waals surface area contributed by atoms with Crippen LogP contribution in [-0.2, 0) is 9.53 Å². The molecule has 0 unspecified atom stereocenters. The summed E-state index contributed by atoms with van der Waals surface area (Å²) in [5, 5.41) is 0.662. The second kappa shape index (κ2) is 8.06. The van der Waals surface area contributed by atoms with E-state index in [1.54, 1.807) is 37.3 Å². The molecular weight excluding hydrogens is 400 g/mol. The highest BCUT2D eigenvalue weighted by Crippen LogP contribution is 2.47. The minimum Gasteiger partial charge on any atom is -0.493 e. The molecule has 0 aliphatic carbocycles. The molecule has 1 atom stereocenters. The highest BCUT2D eigenvalue weighted by molar-refractivity contribution is 5.95. The number of esters is 1. The molecule has 31 heavy (non-hydrogen) atoms. The Morgan fingerprint density at radius 3 is 2.61 bits per heavy atom. The number of nitrogens with one attached hydrogen (secondary N) is 1. The minimum absolute atomic E-state index is 0.0293. The van der Waals surface area contributed by atoms with Crippen molar-refractivity contribution in [1.82, 2.24) is 4.98 Å². The zero-order chi connectivity index (χ0) is 22.1. The lowest BCUT2D eigenvalue weighted by atomic mass is 9.82. The third kappa shape index (κ3) is 3.26. The SMILES string of the molecule is CCOC(=O)C1=C(N)Oc2c(c(=O)[nH]c3ccccc23)[C@H]1c1cccc(OC)c1OC. The van der Waals surface area contributed by atoms with Crippen molar-refractivity contribution in [3.63, 3.8) is 0 Å². The molecule has 0 amide bonds. The van der Waals surface area contributed by atoms with E-state index >= 15 is 0 Å². The lowest BCUT2D eigenvalue weighted by molar-refractivity contribution is -0.139. The number of pyridine rings is 1. The number of hydrogen-bond acceptors (Lipinski definition) is 7. The average Bonchev–Trinajstić information content (AvgIpc) is 2.77. The average molecular weight is 422 g/mol. The molecule has 3 aromatic rings. The second-order valence-electron chi connectivity index (χ2n) is 6.86. The quantitative estimate of drug-likeness (QED) is 0.608. The standard InChI is InChI=1S/C23H22N2O6/c1-4-30-23(27)18-16(13-9-7-11-15(28-2)19(13)29-3)17-20(31-21(18)24)12-8-5-6-10-14(12)25-22(17)26/h5-11,16H,4,24H2,1-3H3,(H,25,26)/t16-/m1/s1. The third-order valence-corrected chi connectivity index (χ3v) is 5.20. The number of methoxy groups -OCH3 is 2. The zero-order valence-corrected chi connectivity index (χ0v) is 17.4. The van der Waals surface area contributed by atoms with Crippen LogP contribution in [0.15, 0.2) is 58.7 Å². The Balaban J connectivity index is 2.09. The molecule has 2 aromatic carbocycles. The van der Waals surface area contributed by atoms with Gasteiger partial charge in [0.2, 0.25) is 5.88 Å². The number of carbonyl (C=O) groups excluding carboxylic acids is 1. The molecule has 1 aromatic heterocycles. The maximum Gasteiger partial charge on any atom is 0.340 e. The maximum absolute atomic E-state index is 13.2. The van der Waals surface area contributed by atoms with Gasteiger partial charge in [-0.25, -0.2) is 4.79 Å². The van der Waals surface area contributed by atoms with Gasteiger partial charge in [-0.05, 0) is 25.1 Å². The first-order valence-electron chi connectivity index (χ1n) is 9.72. The Morgan fingerprint density at radius 1 is 1.13 bits per heavy atom. The fourth-order valence-electron chi connectivity index (χ4n) is 3.93. The molecule has 1 aliphatic heterocycles. The van der Waals surface area contributed by atoms with Crippen LogP contribution in [0.1, 0.15) is 24.0 Å². The molecule has 160 valence electrons. The monoisotopic (exact) mass is 422 g/mol. The first kappa shape index (κ1) is 20.3. The molecule has 8 nitrogen and oxygen atoms in total. The third-order valence-electron chi connectivity index (χ3n) is 5.20. The van der Waals surface area contributed by atoms with Gasteiger partial charge in [-0.2, -0.15) is 0 Å². The Hall–Kier alpha value is -3.94.